The highest BCUT2D eigenvalue weighted by Crippen LogP contribution is 2.19. The molecule has 1 atom stereocenters. The lowest BCUT2D eigenvalue weighted by Gasteiger charge is -2.18. The fourth-order valence-corrected chi connectivity index (χ4v) is 1.91. The van der Waals surface area contributed by atoms with Crippen LogP contribution in [0.1, 0.15) is 25.5 Å². The Hall–Kier alpha value is -2.81. The SMILES string of the molecule is CC(C)NC(=O)NCCNCC(OC(=O)C(=O)O)c1ccc(O)cc1. The van der Waals surface area contributed by atoms with Crippen molar-refractivity contribution in [2.45, 2.75) is 26.0 Å². The second-order valence-electron chi connectivity index (χ2n) is 5.55. The number of esters is 1. The molecule has 0 aliphatic rings. The Bertz CT molecular complexity index is 588. The number of hydrogen-bond acceptors (Lipinski definition) is 6. The van der Waals surface area contributed by atoms with Crippen LogP contribution in [0.2, 0.25) is 0 Å². The molecule has 138 valence electrons. The van der Waals surface area contributed by atoms with Gasteiger partial charge in [0.25, 0.3) is 0 Å². The summed E-state index contributed by atoms with van der Waals surface area (Å²) in [6.45, 7) is 4.57. The van der Waals surface area contributed by atoms with Gasteiger partial charge in [-0.05, 0) is 31.5 Å². The number of aromatic hydroxyl groups is 1. The third-order valence-corrected chi connectivity index (χ3v) is 3.03. The van der Waals surface area contributed by atoms with Gasteiger partial charge in [-0.3, -0.25) is 0 Å². The Morgan fingerprint density at radius 1 is 1.12 bits per heavy atom. The van der Waals surface area contributed by atoms with Gasteiger partial charge in [0, 0.05) is 25.7 Å². The molecule has 0 saturated carbocycles. The maximum atomic E-state index is 11.4. The third kappa shape index (κ3) is 8.02. The minimum atomic E-state index is -1.68. The average Bonchev–Trinajstić information content (AvgIpc) is 2.53. The third-order valence-electron chi connectivity index (χ3n) is 3.03. The van der Waals surface area contributed by atoms with Gasteiger partial charge in [-0.15, -0.1) is 0 Å². The van der Waals surface area contributed by atoms with Gasteiger partial charge < -0.3 is 30.9 Å². The summed E-state index contributed by atoms with van der Waals surface area (Å²) in [6.07, 6.45) is -0.839. The fourth-order valence-electron chi connectivity index (χ4n) is 1.91. The molecule has 1 aromatic rings. The first-order chi connectivity index (χ1) is 11.8. The van der Waals surface area contributed by atoms with E-state index in [0.717, 1.165) is 0 Å². The molecule has 25 heavy (non-hydrogen) atoms. The highest BCUT2D eigenvalue weighted by Gasteiger charge is 2.21. The predicted octanol–water partition coefficient (Wildman–Crippen LogP) is 0.358. The van der Waals surface area contributed by atoms with Crippen LogP contribution in [0, 0.1) is 0 Å². The highest BCUT2D eigenvalue weighted by atomic mass is 16.6. The molecule has 1 aromatic carbocycles. The molecular weight excluding hydrogens is 330 g/mol. The molecule has 0 radical (unpaired) electrons. The second kappa shape index (κ2) is 10.1. The van der Waals surface area contributed by atoms with Crippen molar-refractivity contribution in [1.82, 2.24) is 16.0 Å². The molecule has 5 N–H and O–H groups in total. The van der Waals surface area contributed by atoms with Crippen LogP contribution in [0.3, 0.4) is 0 Å². The molecule has 0 heterocycles. The van der Waals surface area contributed by atoms with Gasteiger partial charge >= 0.3 is 18.0 Å². The number of carboxylic acid groups (broad SMARTS) is 1. The molecule has 0 spiro atoms. The molecule has 9 heteroatoms. The van der Waals surface area contributed by atoms with Gasteiger partial charge in [0.1, 0.15) is 11.9 Å². The number of carbonyl (C=O) groups is 3. The second-order valence-corrected chi connectivity index (χ2v) is 5.55. The van der Waals surface area contributed by atoms with Gasteiger partial charge in [-0.25, -0.2) is 14.4 Å². The molecular formula is C16H23N3O6. The largest absolute Gasteiger partial charge is 0.508 e. The fraction of sp³-hybridized carbons (Fsp3) is 0.438. The maximum absolute atomic E-state index is 11.4. The zero-order valence-electron chi connectivity index (χ0n) is 14.1. The van der Waals surface area contributed by atoms with Gasteiger partial charge in [-0.1, -0.05) is 12.1 Å². The van der Waals surface area contributed by atoms with E-state index in [0.29, 0.717) is 18.7 Å². The molecule has 0 aromatic heterocycles. The van der Waals surface area contributed by atoms with Crippen molar-refractivity contribution in [1.29, 1.82) is 0 Å². The van der Waals surface area contributed by atoms with Crippen molar-refractivity contribution in [2.75, 3.05) is 19.6 Å². The molecule has 1 rings (SSSR count). The Morgan fingerprint density at radius 2 is 1.76 bits per heavy atom. The normalized spacial score (nSPS) is 11.6. The Morgan fingerprint density at radius 3 is 2.32 bits per heavy atom. The average molecular weight is 353 g/mol. The van der Waals surface area contributed by atoms with E-state index in [2.05, 4.69) is 16.0 Å². The van der Waals surface area contributed by atoms with Crippen molar-refractivity contribution >= 4 is 18.0 Å². The number of phenols is 1. The van der Waals surface area contributed by atoms with Crippen LogP contribution < -0.4 is 16.0 Å². The van der Waals surface area contributed by atoms with E-state index in [1.54, 1.807) is 0 Å². The summed E-state index contributed by atoms with van der Waals surface area (Å²) in [5.74, 6) is -3.01. The summed E-state index contributed by atoms with van der Waals surface area (Å²) in [6, 6.07) is 5.63. The van der Waals surface area contributed by atoms with Crippen molar-refractivity contribution in [3.63, 3.8) is 0 Å². The predicted molar refractivity (Wildman–Crippen MR) is 89.1 cm³/mol. The molecule has 0 bridgehead atoms. The van der Waals surface area contributed by atoms with Crippen LogP contribution in [-0.2, 0) is 14.3 Å². The number of carboxylic acids is 1. The lowest BCUT2D eigenvalue weighted by atomic mass is 10.1. The number of hydrogen-bond donors (Lipinski definition) is 5. The number of rotatable bonds is 8. The van der Waals surface area contributed by atoms with E-state index >= 15 is 0 Å². The van der Waals surface area contributed by atoms with Crippen LogP contribution in [0.4, 0.5) is 4.79 Å². The molecule has 0 aliphatic heterocycles. The van der Waals surface area contributed by atoms with Crippen LogP contribution in [0.15, 0.2) is 24.3 Å². The number of carbonyl (C=O) groups excluding carboxylic acids is 2. The number of phenolic OH excluding ortho intramolecular Hbond substituents is 1. The van der Waals surface area contributed by atoms with Gasteiger partial charge in [-0.2, -0.15) is 0 Å². The maximum Gasteiger partial charge on any atom is 0.417 e. The first-order valence-electron chi connectivity index (χ1n) is 7.77. The summed E-state index contributed by atoms with van der Waals surface area (Å²) >= 11 is 0. The van der Waals surface area contributed by atoms with E-state index in [-0.39, 0.29) is 24.4 Å². The van der Waals surface area contributed by atoms with Crippen LogP contribution in [0.25, 0.3) is 0 Å². The first-order valence-corrected chi connectivity index (χ1v) is 7.77. The summed E-state index contributed by atoms with van der Waals surface area (Å²) in [4.78, 5) is 33.4. The summed E-state index contributed by atoms with van der Waals surface area (Å²) < 4.78 is 4.94. The quantitative estimate of drug-likeness (QED) is 0.258. The minimum Gasteiger partial charge on any atom is -0.508 e. The van der Waals surface area contributed by atoms with Crippen LogP contribution >= 0.6 is 0 Å². The number of urea groups is 1. The summed E-state index contributed by atoms with van der Waals surface area (Å²) in [5, 5.41) is 26.3. The van der Waals surface area contributed by atoms with E-state index in [1.807, 2.05) is 13.8 Å². The van der Waals surface area contributed by atoms with Crippen molar-refractivity contribution in [3.05, 3.63) is 29.8 Å². The first kappa shape index (κ1) is 20.2. The molecule has 0 fully saturated rings. The molecule has 0 saturated heterocycles. The Balaban J connectivity index is 2.51. The van der Waals surface area contributed by atoms with Crippen molar-refractivity contribution in [2.24, 2.45) is 0 Å². The Kier molecular flexibility index (Phi) is 8.21. The number of ether oxygens (including phenoxy) is 1. The van der Waals surface area contributed by atoms with Crippen molar-refractivity contribution in [3.8, 4) is 5.75 Å². The van der Waals surface area contributed by atoms with E-state index in [4.69, 9.17) is 9.84 Å². The van der Waals surface area contributed by atoms with Gasteiger partial charge in [0.05, 0.1) is 0 Å². The van der Waals surface area contributed by atoms with Crippen LogP contribution in [0.5, 0.6) is 5.75 Å². The number of nitrogens with one attached hydrogen (secondary N) is 3. The van der Waals surface area contributed by atoms with Crippen molar-refractivity contribution < 1.29 is 29.3 Å². The molecule has 2 amide bonds. The zero-order valence-corrected chi connectivity index (χ0v) is 14.1. The zero-order chi connectivity index (χ0) is 18.8. The molecule has 0 aliphatic carbocycles. The topological polar surface area (TPSA) is 137 Å². The van der Waals surface area contributed by atoms with E-state index < -0.39 is 18.0 Å². The number of aliphatic carboxylic acids is 1. The highest BCUT2D eigenvalue weighted by molar-refractivity contribution is 6.28. The lowest BCUT2D eigenvalue weighted by molar-refractivity contribution is -0.167. The summed E-state index contributed by atoms with van der Waals surface area (Å²) in [7, 11) is 0. The lowest BCUT2D eigenvalue weighted by Crippen LogP contribution is -2.42. The standard InChI is InChI=1S/C16H23N3O6/c1-10(2)19-16(24)18-8-7-17-9-13(25-15(23)14(21)22)11-3-5-12(20)6-4-11/h3-6,10,13,17,20H,7-9H2,1-2H3,(H,21,22)(H2,18,19,24). The molecule has 9 nitrogen and oxygen atoms in total. The van der Waals surface area contributed by atoms with Gasteiger partial charge in [0.2, 0.25) is 0 Å². The number of benzene rings is 1. The van der Waals surface area contributed by atoms with E-state index in [9.17, 15) is 19.5 Å². The van der Waals surface area contributed by atoms with Crippen LogP contribution in [-0.4, -0.2) is 53.9 Å². The monoisotopic (exact) mass is 353 g/mol. The van der Waals surface area contributed by atoms with Gasteiger partial charge in [0.15, 0.2) is 0 Å². The van der Waals surface area contributed by atoms with E-state index in [1.165, 1.54) is 24.3 Å². The minimum absolute atomic E-state index is 0.0299. The summed E-state index contributed by atoms with van der Waals surface area (Å²) in [5.41, 5.74) is 0.533. The smallest absolute Gasteiger partial charge is 0.417 e. The Labute approximate surface area is 145 Å². The molecule has 1 unspecified atom stereocenters. The number of amides is 2.